The maximum Gasteiger partial charge on any atom is 0.233 e. The number of carbonyl (C=O) groups is 1. The van der Waals surface area contributed by atoms with E-state index in [2.05, 4.69) is 0 Å². The molecule has 1 aliphatic rings. The molecular formula is C18H18FNO3S. The molecule has 24 heavy (non-hydrogen) atoms. The molecule has 3 rings (SSSR count). The highest BCUT2D eigenvalue weighted by Gasteiger charge is 2.25. The van der Waals surface area contributed by atoms with E-state index in [9.17, 15) is 14.3 Å². The first-order valence-electron chi connectivity index (χ1n) is 7.68. The predicted octanol–water partition coefficient (Wildman–Crippen LogP) is 3.22. The van der Waals surface area contributed by atoms with Crippen molar-refractivity contribution in [2.24, 2.45) is 0 Å². The van der Waals surface area contributed by atoms with Gasteiger partial charge >= 0.3 is 0 Å². The number of hydrogen-bond donors (Lipinski definition) is 1. The summed E-state index contributed by atoms with van der Waals surface area (Å²) in [7, 11) is 0. The van der Waals surface area contributed by atoms with E-state index in [1.54, 1.807) is 35.2 Å². The molecule has 1 fully saturated rings. The minimum absolute atomic E-state index is 0.0266. The fraction of sp³-hybridized carbons (Fsp3) is 0.278. The fourth-order valence-electron chi connectivity index (χ4n) is 2.56. The number of amides is 1. The number of nitrogens with zero attached hydrogens (tertiary/aromatic N) is 1. The Morgan fingerprint density at radius 3 is 2.83 bits per heavy atom. The molecule has 2 aromatic rings. The topological polar surface area (TPSA) is 49.8 Å². The van der Waals surface area contributed by atoms with E-state index < -0.39 is 0 Å². The van der Waals surface area contributed by atoms with Crippen molar-refractivity contribution in [3.63, 3.8) is 0 Å². The lowest BCUT2D eigenvalue weighted by atomic mass is 10.1. The van der Waals surface area contributed by atoms with E-state index in [1.807, 2.05) is 6.07 Å². The van der Waals surface area contributed by atoms with E-state index in [0.717, 1.165) is 10.5 Å². The lowest BCUT2D eigenvalue weighted by molar-refractivity contribution is -0.136. The molecule has 2 aromatic carbocycles. The Morgan fingerprint density at radius 1 is 1.29 bits per heavy atom. The standard InChI is InChI=1S/C18H18FNO3S/c19-14-6-4-13(5-7-14)17-11-20(8-9-23-17)18(22)12-24-16-3-1-2-15(21)10-16/h1-7,10,17,21H,8-9,11-12H2/t17-/m1/s1. The Balaban J connectivity index is 1.57. The van der Waals surface area contributed by atoms with Crippen molar-refractivity contribution in [1.82, 2.24) is 4.90 Å². The fourth-order valence-corrected chi connectivity index (χ4v) is 3.42. The summed E-state index contributed by atoms with van der Waals surface area (Å²) in [5.41, 5.74) is 0.870. The van der Waals surface area contributed by atoms with E-state index in [0.29, 0.717) is 25.4 Å². The monoisotopic (exact) mass is 347 g/mol. The molecule has 126 valence electrons. The Morgan fingerprint density at radius 2 is 2.08 bits per heavy atom. The molecule has 0 saturated carbocycles. The Labute approximate surface area is 144 Å². The quantitative estimate of drug-likeness (QED) is 0.863. The summed E-state index contributed by atoms with van der Waals surface area (Å²) in [6.07, 6.45) is -0.228. The Kier molecular flexibility index (Phi) is 5.37. The van der Waals surface area contributed by atoms with Crippen LogP contribution in [0, 0.1) is 5.82 Å². The molecular weight excluding hydrogens is 329 g/mol. The molecule has 0 spiro atoms. The zero-order valence-corrected chi connectivity index (χ0v) is 13.8. The minimum atomic E-state index is -0.287. The number of phenols is 1. The molecule has 1 amide bonds. The van der Waals surface area contributed by atoms with E-state index in [-0.39, 0.29) is 23.6 Å². The molecule has 1 N–H and O–H groups in total. The highest BCUT2D eigenvalue weighted by atomic mass is 32.2. The molecule has 6 heteroatoms. The van der Waals surface area contributed by atoms with Gasteiger partial charge in [0, 0.05) is 11.4 Å². The molecule has 0 bridgehead atoms. The summed E-state index contributed by atoms with van der Waals surface area (Å²) in [4.78, 5) is 15.0. The highest BCUT2D eigenvalue weighted by Crippen LogP contribution is 2.25. The van der Waals surface area contributed by atoms with Crippen LogP contribution in [0.5, 0.6) is 5.75 Å². The molecule has 4 nitrogen and oxygen atoms in total. The van der Waals surface area contributed by atoms with Crippen LogP contribution in [0.3, 0.4) is 0 Å². The van der Waals surface area contributed by atoms with Gasteiger partial charge in [-0.1, -0.05) is 18.2 Å². The maximum absolute atomic E-state index is 13.0. The van der Waals surface area contributed by atoms with Gasteiger partial charge in [-0.25, -0.2) is 4.39 Å². The number of phenolic OH excluding ortho intramolecular Hbond substituents is 1. The van der Waals surface area contributed by atoms with Crippen molar-refractivity contribution in [3.05, 3.63) is 59.9 Å². The van der Waals surface area contributed by atoms with Crippen molar-refractivity contribution in [2.45, 2.75) is 11.0 Å². The first-order chi connectivity index (χ1) is 11.6. The molecule has 0 radical (unpaired) electrons. The number of hydrogen-bond acceptors (Lipinski definition) is 4. The number of carbonyl (C=O) groups excluding carboxylic acids is 1. The second kappa shape index (κ2) is 7.68. The molecule has 0 aromatic heterocycles. The third-order valence-electron chi connectivity index (χ3n) is 3.84. The minimum Gasteiger partial charge on any atom is -0.508 e. The normalized spacial score (nSPS) is 17.7. The summed E-state index contributed by atoms with van der Waals surface area (Å²) in [5, 5.41) is 9.46. The van der Waals surface area contributed by atoms with Crippen LogP contribution >= 0.6 is 11.8 Å². The van der Waals surface area contributed by atoms with Crippen molar-refractivity contribution >= 4 is 17.7 Å². The number of morpholine rings is 1. The average molecular weight is 347 g/mol. The second-order valence-corrected chi connectivity index (χ2v) is 6.59. The number of thioether (sulfide) groups is 1. The summed E-state index contributed by atoms with van der Waals surface area (Å²) >= 11 is 1.39. The predicted molar refractivity (Wildman–Crippen MR) is 90.5 cm³/mol. The largest absolute Gasteiger partial charge is 0.508 e. The van der Waals surface area contributed by atoms with Gasteiger partial charge in [-0.3, -0.25) is 4.79 Å². The van der Waals surface area contributed by atoms with E-state index >= 15 is 0 Å². The summed E-state index contributed by atoms with van der Waals surface area (Å²) in [6.45, 7) is 1.48. The number of aromatic hydroxyl groups is 1. The van der Waals surface area contributed by atoms with Crippen molar-refractivity contribution in [2.75, 3.05) is 25.4 Å². The van der Waals surface area contributed by atoms with Gasteiger partial charge in [0.1, 0.15) is 17.7 Å². The molecule has 1 aliphatic heterocycles. The lowest BCUT2D eigenvalue weighted by Gasteiger charge is -2.33. The molecule has 0 aliphatic carbocycles. The number of halogens is 1. The van der Waals surface area contributed by atoms with Crippen LogP contribution in [0.1, 0.15) is 11.7 Å². The van der Waals surface area contributed by atoms with E-state index in [4.69, 9.17) is 4.74 Å². The van der Waals surface area contributed by atoms with Crippen LogP contribution in [0.25, 0.3) is 0 Å². The van der Waals surface area contributed by atoms with Crippen LogP contribution < -0.4 is 0 Å². The third kappa shape index (κ3) is 4.27. The van der Waals surface area contributed by atoms with Crippen molar-refractivity contribution in [3.8, 4) is 5.75 Å². The van der Waals surface area contributed by atoms with Crippen LogP contribution in [0.2, 0.25) is 0 Å². The summed E-state index contributed by atoms with van der Waals surface area (Å²) in [6, 6.07) is 13.0. The Hall–Kier alpha value is -2.05. The van der Waals surface area contributed by atoms with Gasteiger partial charge in [-0.15, -0.1) is 11.8 Å². The number of rotatable bonds is 4. The molecule has 0 unspecified atom stereocenters. The van der Waals surface area contributed by atoms with Gasteiger partial charge in [-0.2, -0.15) is 0 Å². The van der Waals surface area contributed by atoms with Gasteiger partial charge in [0.2, 0.25) is 5.91 Å². The Bertz CT molecular complexity index is 708. The second-order valence-electron chi connectivity index (χ2n) is 5.54. The van der Waals surface area contributed by atoms with Gasteiger partial charge in [0.05, 0.1) is 18.9 Å². The molecule has 1 atom stereocenters. The van der Waals surface area contributed by atoms with Gasteiger partial charge < -0.3 is 14.7 Å². The van der Waals surface area contributed by atoms with Crippen LogP contribution in [0.4, 0.5) is 4.39 Å². The zero-order valence-electron chi connectivity index (χ0n) is 13.0. The van der Waals surface area contributed by atoms with E-state index in [1.165, 1.54) is 23.9 Å². The first-order valence-corrected chi connectivity index (χ1v) is 8.67. The van der Waals surface area contributed by atoms with Crippen LogP contribution in [-0.4, -0.2) is 41.4 Å². The number of benzene rings is 2. The molecule has 1 heterocycles. The lowest BCUT2D eigenvalue weighted by Crippen LogP contribution is -2.43. The SMILES string of the molecule is O=C(CSc1cccc(O)c1)N1CCO[C@@H](c2ccc(F)cc2)C1. The van der Waals surface area contributed by atoms with Crippen LogP contribution in [-0.2, 0) is 9.53 Å². The third-order valence-corrected chi connectivity index (χ3v) is 4.82. The highest BCUT2D eigenvalue weighted by molar-refractivity contribution is 8.00. The van der Waals surface area contributed by atoms with Crippen molar-refractivity contribution in [1.29, 1.82) is 0 Å². The summed E-state index contributed by atoms with van der Waals surface area (Å²) < 4.78 is 18.7. The maximum atomic E-state index is 13.0. The first kappa shape index (κ1) is 16.8. The van der Waals surface area contributed by atoms with Gasteiger partial charge in [0.25, 0.3) is 0 Å². The smallest absolute Gasteiger partial charge is 0.233 e. The average Bonchev–Trinajstić information content (AvgIpc) is 2.60. The number of ether oxygens (including phenoxy) is 1. The van der Waals surface area contributed by atoms with Gasteiger partial charge in [-0.05, 0) is 35.9 Å². The van der Waals surface area contributed by atoms with Crippen molar-refractivity contribution < 1.29 is 19.0 Å². The zero-order chi connectivity index (χ0) is 16.9. The van der Waals surface area contributed by atoms with Gasteiger partial charge in [0.15, 0.2) is 0 Å². The molecule has 1 saturated heterocycles. The van der Waals surface area contributed by atoms with Crippen LogP contribution in [0.15, 0.2) is 53.4 Å². The summed E-state index contributed by atoms with van der Waals surface area (Å²) in [5.74, 6) is 0.235.